The molecule has 0 amide bonds. The van der Waals surface area contributed by atoms with Crippen LogP contribution >= 0.6 is 0 Å². The first kappa shape index (κ1) is 18.0. The van der Waals surface area contributed by atoms with Gasteiger partial charge in [-0.1, -0.05) is 63.1 Å². The van der Waals surface area contributed by atoms with Crippen LogP contribution in [0.5, 0.6) is 0 Å². The topological polar surface area (TPSA) is 12.0 Å². The molecule has 0 aliphatic heterocycles. The van der Waals surface area contributed by atoms with Crippen molar-refractivity contribution in [3.8, 4) is 0 Å². The lowest BCUT2D eigenvalue weighted by atomic mass is 9.86. The molecule has 1 aromatic carbocycles. The van der Waals surface area contributed by atoms with E-state index in [4.69, 9.17) is 0 Å². The molecular formula is C20H33N. The maximum absolute atomic E-state index is 3.80. The minimum Gasteiger partial charge on any atom is -0.313 e. The summed E-state index contributed by atoms with van der Waals surface area (Å²) in [4.78, 5) is 0. The number of rotatable bonds is 12. The third-order valence-corrected chi connectivity index (χ3v) is 4.23. The molecule has 1 aromatic rings. The summed E-state index contributed by atoms with van der Waals surface area (Å²) in [6.45, 7) is 9.49. The lowest BCUT2D eigenvalue weighted by Crippen LogP contribution is -2.35. The van der Waals surface area contributed by atoms with Crippen molar-refractivity contribution in [2.45, 2.75) is 70.8 Å². The van der Waals surface area contributed by atoms with Crippen LogP contribution in [0.1, 0.15) is 70.3 Å². The number of allylic oxidation sites excluding steroid dienone is 1. The second-order valence-electron chi connectivity index (χ2n) is 5.91. The van der Waals surface area contributed by atoms with Gasteiger partial charge in [0.15, 0.2) is 0 Å². The Morgan fingerprint density at radius 3 is 2.48 bits per heavy atom. The molecule has 2 unspecified atom stereocenters. The third kappa shape index (κ3) is 6.95. The van der Waals surface area contributed by atoms with E-state index < -0.39 is 0 Å². The van der Waals surface area contributed by atoms with E-state index in [0.717, 1.165) is 13.0 Å². The van der Waals surface area contributed by atoms with Crippen molar-refractivity contribution in [2.75, 3.05) is 6.54 Å². The molecule has 21 heavy (non-hydrogen) atoms. The predicted molar refractivity (Wildman–Crippen MR) is 94.8 cm³/mol. The third-order valence-electron chi connectivity index (χ3n) is 4.23. The average molecular weight is 287 g/mol. The van der Waals surface area contributed by atoms with Gasteiger partial charge in [0.2, 0.25) is 0 Å². The second kappa shape index (κ2) is 11.6. The van der Waals surface area contributed by atoms with Crippen LogP contribution in [0, 0.1) is 0 Å². The lowest BCUT2D eigenvalue weighted by Gasteiger charge is -2.28. The van der Waals surface area contributed by atoms with Gasteiger partial charge in [-0.05, 0) is 50.1 Å². The molecule has 1 rings (SSSR count). The van der Waals surface area contributed by atoms with Crippen molar-refractivity contribution >= 4 is 0 Å². The van der Waals surface area contributed by atoms with Crippen LogP contribution in [-0.4, -0.2) is 12.6 Å². The molecule has 0 aliphatic carbocycles. The van der Waals surface area contributed by atoms with E-state index >= 15 is 0 Å². The highest BCUT2D eigenvalue weighted by molar-refractivity contribution is 5.21. The fraction of sp³-hybridized carbons (Fsp3) is 0.600. The molecular weight excluding hydrogens is 254 g/mol. The zero-order valence-corrected chi connectivity index (χ0v) is 14.0. The smallest absolute Gasteiger partial charge is 0.0136 e. The van der Waals surface area contributed by atoms with Crippen LogP contribution in [0.4, 0.5) is 0 Å². The molecule has 0 heterocycles. The second-order valence-corrected chi connectivity index (χ2v) is 5.91. The molecule has 0 fully saturated rings. The van der Waals surface area contributed by atoms with Crippen LogP contribution in [0.2, 0.25) is 0 Å². The Labute approximate surface area is 131 Å². The van der Waals surface area contributed by atoms with E-state index in [1.54, 1.807) is 0 Å². The Morgan fingerprint density at radius 2 is 1.86 bits per heavy atom. The molecule has 0 radical (unpaired) electrons. The Bertz CT molecular complexity index is 357. The lowest BCUT2D eigenvalue weighted by molar-refractivity contribution is 0.385. The minimum atomic E-state index is 0.612. The fourth-order valence-corrected chi connectivity index (χ4v) is 3.06. The number of unbranched alkanes of at least 4 members (excludes halogenated alkanes) is 3. The summed E-state index contributed by atoms with van der Waals surface area (Å²) in [5.74, 6) is 0.636. The molecule has 0 aromatic heterocycles. The summed E-state index contributed by atoms with van der Waals surface area (Å²) in [5, 5.41) is 3.79. The highest BCUT2D eigenvalue weighted by Crippen LogP contribution is 2.26. The average Bonchev–Trinajstić information content (AvgIpc) is 2.53. The van der Waals surface area contributed by atoms with Crippen molar-refractivity contribution in [1.29, 1.82) is 0 Å². The highest BCUT2D eigenvalue weighted by Gasteiger charge is 2.20. The minimum absolute atomic E-state index is 0.612. The summed E-state index contributed by atoms with van der Waals surface area (Å²) in [7, 11) is 0. The van der Waals surface area contributed by atoms with Gasteiger partial charge in [0.1, 0.15) is 0 Å². The van der Waals surface area contributed by atoms with Gasteiger partial charge in [-0.3, -0.25) is 0 Å². The largest absolute Gasteiger partial charge is 0.313 e. The standard InChI is InChI=1S/C20H33N/c1-4-7-8-9-13-16-20(21-17-5-2)19(6-3)18-14-11-10-12-15-18/h4,10-12,14-15,19-21H,1,5-9,13,16-17H2,2-3H3. The molecule has 0 saturated heterocycles. The Hall–Kier alpha value is -1.08. The van der Waals surface area contributed by atoms with Crippen molar-refractivity contribution in [1.82, 2.24) is 5.32 Å². The number of hydrogen-bond acceptors (Lipinski definition) is 1. The van der Waals surface area contributed by atoms with Gasteiger partial charge in [-0.2, -0.15) is 0 Å². The normalized spacial score (nSPS) is 13.8. The van der Waals surface area contributed by atoms with E-state index in [-0.39, 0.29) is 0 Å². The molecule has 1 nitrogen and oxygen atoms in total. The molecule has 0 spiro atoms. The van der Waals surface area contributed by atoms with Crippen LogP contribution in [0.25, 0.3) is 0 Å². The van der Waals surface area contributed by atoms with Crippen molar-refractivity contribution < 1.29 is 0 Å². The van der Waals surface area contributed by atoms with Gasteiger partial charge in [0.25, 0.3) is 0 Å². The molecule has 0 saturated carbocycles. The SMILES string of the molecule is C=CCCCCCC(NCCC)C(CC)c1ccccc1. The van der Waals surface area contributed by atoms with E-state index in [2.05, 4.69) is 56.1 Å². The summed E-state index contributed by atoms with van der Waals surface area (Å²) >= 11 is 0. The predicted octanol–water partition coefficient (Wildman–Crippen LogP) is 5.68. The number of nitrogens with one attached hydrogen (secondary N) is 1. The van der Waals surface area contributed by atoms with Crippen LogP contribution in [-0.2, 0) is 0 Å². The number of benzene rings is 1. The first-order chi connectivity index (χ1) is 10.3. The van der Waals surface area contributed by atoms with Crippen LogP contribution in [0.15, 0.2) is 43.0 Å². The van der Waals surface area contributed by atoms with E-state index in [1.807, 2.05) is 6.08 Å². The zero-order valence-electron chi connectivity index (χ0n) is 14.0. The first-order valence-corrected chi connectivity index (χ1v) is 8.72. The van der Waals surface area contributed by atoms with Crippen molar-refractivity contribution in [3.63, 3.8) is 0 Å². The summed E-state index contributed by atoms with van der Waals surface area (Å²) in [6, 6.07) is 11.6. The van der Waals surface area contributed by atoms with Crippen molar-refractivity contribution in [3.05, 3.63) is 48.6 Å². The first-order valence-electron chi connectivity index (χ1n) is 8.72. The van der Waals surface area contributed by atoms with Gasteiger partial charge >= 0.3 is 0 Å². The van der Waals surface area contributed by atoms with E-state index in [1.165, 1.54) is 44.1 Å². The quantitative estimate of drug-likeness (QED) is 0.385. The highest BCUT2D eigenvalue weighted by atomic mass is 14.9. The monoisotopic (exact) mass is 287 g/mol. The summed E-state index contributed by atoms with van der Waals surface area (Å²) < 4.78 is 0. The molecule has 0 aliphatic rings. The Morgan fingerprint density at radius 1 is 1.10 bits per heavy atom. The van der Waals surface area contributed by atoms with E-state index in [0.29, 0.717) is 12.0 Å². The van der Waals surface area contributed by atoms with Crippen LogP contribution in [0.3, 0.4) is 0 Å². The van der Waals surface area contributed by atoms with Gasteiger partial charge in [-0.25, -0.2) is 0 Å². The summed E-state index contributed by atoms with van der Waals surface area (Å²) in [5.41, 5.74) is 1.49. The van der Waals surface area contributed by atoms with Gasteiger partial charge < -0.3 is 5.32 Å². The van der Waals surface area contributed by atoms with E-state index in [9.17, 15) is 0 Å². The van der Waals surface area contributed by atoms with Crippen LogP contribution < -0.4 is 5.32 Å². The Balaban J connectivity index is 2.58. The fourth-order valence-electron chi connectivity index (χ4n) is 3.06. The molecule has 118 valence electrons. The number of hydrogen-bond donors (Lipinski definition) is 1. The maximum Gasteiger partial charge on any atom is 0.0136 e. The Kier molecular flexibility index (Phi) is 9.90. The molecule has 1 heteroatoms. The molecule has 1 N–H and O–H groups in total. The molecule has 0 bridgehead atoms. The summed E-state index contributed by atoms with van der Waals surface area (Å²) in [6.07, 6.45) is 10.8. The van der Waals surface area contributed by atoms with Gasteiger partial charge in [0.05, 0.1) is 0 Å². The maximum atomic E-state index is 3.80. The van der Waals surface area contributed by atoms with Gasteiger partial charge in [0, 0.05) is 6.04 Å². The van der Waals surface area contributed by atoms with Crippen molar-refractivity contribution in [2.24, 2.45) is 0 Å². The molecule has 2 atom stereocenters. The zero-order chi connectivity index (χ0) is 15.3. The van der Waals surface area contributed by atoms with Gasteiger partial charge in [-0.15, -0.1) is 6.58 Å².